The molecule has 0 N–H and O–H groups in total. The molecule has 0 aliphatic heterocycles. The van der Waals surface area contributed by atoms with E-state index in [0.29, 0.717) is 23.5 Å². The Bertz CT molecular complexity index is 617. The van der Waals surface area contributed by atoms with Gasteiger partial charge in [-0.2, -0.15) is 0 Å². The van der Waals surface area contributed by atoms with Gasteiger partial charge in [0.25, 0.3) is 0 Å². The molecule has 0 amide bonds. The zero-order chi connectivity index (χ0) is 15.8. The van der Waals surface area contributed by atoms with E-state index >= 15 is 0 Å². The maximum Gasteiger partial charge on any atom is 0.343 e. The van der Waals surface area contributed by atoms with Gasteiger partial charge in [0.05, 0.1) is 17.7 Å². The summed E-state index contributed by atoms with van der Waals surface area (Å²) in [5.41, 5.74) is 0.918. The third kappa shape index (κ3) is 4.45. The fraction of sp³-hybridized carbons (Fsp3) is 0.222. The quantitative estimate of drug-likeness (QED) is 0.461. The van der Waals surface area contributed by atoms with Crippen molar-refractivity contribution >= 4 is 11.9 Å². The number of carbonyl (C=O) groups excluding carboxylic acids is 2. The van der Waals surface area contributed by atoms with Crippen molar-refractivity contribution in [3.8, 4) is 5.75 Å². The van der Waals surface area contributed by atoms with Gasteiger partial charge in [0.2, 0.25) is 0 Å². The van der Waals surface area contributed by atoms with Crippen molar-refractivity contribution in [2.24, 2.45) is 0 Å². The van der Waals surface area contributed by atoms with Crippen LogP contribution in [0.4, 0.5) is 0 Å². The van der Waals surface area contributed by atoms with Crippen LogP contribution in [-0.2, 0) is 4.74 Å². The zero-order valence-electron chi connectivity index (χ0n) is 12.5. The monoisotopic (exact) mass is 298 g/mol. The highest BCUT2D eigenvalue weighted by molar-refractivity contribution is 5.91. The molecule has 4 nitrogen and oxygen atoms in total. The molecule has 0 bridgehead atoms. The van der Waals surface area contributed by atoms with E-state index in [9.17, 15) is 9.59 Å². The SMILES string of the molecule is CCCCOC(=O)c1ccc(OC(=O)c2ccccc2)cc1. The molecule has 114 valence electrons. The van der Waals surface area contributed by atoms with Gasteiger partial charge in [0.1, 0.15) is 5.75 Å². The number of rotatable bonds is 6. The average Bonchev–Trinajstić information content (AvgIpc) is 2.56. The fourth-order valence-corrected chi connectivity index (χ4v) is 1.79. The molecule has 2 aromatic rings. The van der Waals surface area contributed by atoms with E-state index in [1.165, 1.54) is 0 Å². The van der Waals surface area contributed by atoms with Gasteiger partial charge in [0.15, 0.2) is 0 Å². The Morgan fingerprint density at radius 2 is 1.50 bits per heavy atom. The van der Waals surface area contributed by atoms with Gasteiger partial charge in [-0.3, -0.25) is 0 Å². The number of hydrogen-bond acceptors (Lipinski definition) is 4. The highest BCUT2D eigenvalue weighted by Crippen LogP contribution is 2.15. The maximum atomic E-state index is 11.9. The van der Waals surface area contributed by atoms with Crippen LogP contribution in [0.5, 0.6) is 5.75 Å². The van der Waals surface area contributed by atoms with Crippen molar-refractivity contribution < 1.29 is 19.1 Å². The predicted octanol–water partition coefficient (Wildman–Crippen LogP) is 3.86. The van der Waals surface area contributed by atoms with Crippen LogP contribution in [0.15, 0.2) is 54.6 Å². The first kappa shape index (κ1) is 15.8. The van der Waals surface area contributed by atoms with E-state index in [-0.39, 0.29) is 5.97 Å². The molecular formula is C18H18O4. The molecule has 0 unspecified atom stereocenters. The number of unbranched alkanes of at least 4 members (excludes halogenated alkanes) is 1. The second-order valence-corrected chi connectivity index (χ2v) is 4.77. The summed E-state index contributed by atoms with van der Waals surface area (Å²) in [5, 5.41) is 0. The van der Waals surface area contributed by atoms with E-state index in [4.69, 9.17) is 9.47 Å². The van der Waals surface area contributed by atoms with E-state index in [2.05, 4.69) is 0 Å². The number of ether oxygens (including phenoxy) is 2. The Morgan fingerprint density at radius 3 is 2.14 bits per heavy atom. The lowest BCUT2D eigenvalue weighted by Gasteiger charge is -2.06. The standard InChI is InChI=1S/C18H18O4/c1-2-3-13-21-17(19)15-9-11-16(12-10-15)22-18(20)14-7-5-4-6-8-14/h4-12H,2-3,13H2,1H3. The molecule has 0 radical (unpaired) electrons. The molecular weight excluding hydrogens is 280 g/mol. The molecule has 0 saturated carbocycles. The maximum absolute atomic E-state index is 11.9. The summed E-state index contributed by atoms with van der Waals surface area (Å²) in [6.45, 7) is 2.45. The third-order valence-corrected chi connectivity index (χ3v) is 3.04. The van der Waals surface area contributed by atoms with Crippen LogP contribution in [0.3, 0.4) is 0 Å². The summed E-state index contributed by atoms with van der Waals surface area (Å²) < 4.78 is 10.4. The van der Waals surface area contributed by atoms with E-state index in [0.717, 1.165) is 12.8 Å². The lowest BCUT2D eigenvalue weighted by atomic mass is 10.2. The molecule has 0 fully saturated rings. The average molecular weight is 298 g/mol. The molecule has 4 heteroatoms. The lowest BCUT2D eigenvalue weighted by Crippen LogP contribution is -2.09. The van der Waals surface area contributed by atoms with Gasteiger partial charge in [-0.1, -0.05) is 31.5 Å². The van der Waals surface area contributed by atoms with Crippen molar-refractivity contribution in [2.45, 2.75) is 19.8 Å². The van der Waals surface area contributed by atoms with Crippen molar-refractivity contribution in [3.63, 3.8) is 0 Å². The van der Waals surface area contributed by atoms with Crippen LogP contribution in [0.25, 0.3) is 0 Å². The highest BCUT2D eigenvalue weighted by Gasteiger charge is 2.10. The van der Waals surface area contributed by atoms with Crippen LogP contribution < -0.4 is 4.74 Å². The molecule has 0 atom stereocenters. The Labute approximate surface area is 129 Å². The van der Waals surface area contributed by atoms with Crippen LogP contribution in [-0.4, -0.2) is 18.5 Å². The Hall–Kier alpha value is -2.62. The molecule has 0 saturated heterocycles. The first-order valence-electron chi connectivity index (χ1n) is 7.25. The Kier molecular flexibility index (Phi) is 5.72. The molecule has 0 aliphatic rings. The Balaban J connectivity index is 1.94. The van der Waals surface area contributed by atoms with Gasteiger partial charge >= 0.3 is 11.9 Å². The Morgan fingerprint density at radius 1 is 0.864 bits per heavy atom. The number of carbonyl (C=O) groups is 2. The highest BCUT2D eigenvalue weighted by atomic mass is 16.5. The largest absolute Gasteiger partial charge is 0.462 e. The molecule has 2 rings (SSSR count). The van der Waals surface area contributed by atoms with Gasteiger partial charge in [-0.25, -0.2) is 9.59 Å². The molecule has 22 heavy (non-hydrogen) atoms. The van der Waals surface area contributed by atoms with Gasteiger partial charge in [-0.15, -0.1) is 0 Å². The summed E-state index contributed by atoms with van der Waals surface area (Å²) in [4.78, 5) is 23.6. The van der Waals surface area contributed by atoms with Crippen LogP contribution >= 0.6 is 0 Å². The summed E-state index contributed by atoms with van der Waals surface area (Å²) in [6, 6.07) is 15.1. The zero-order valence-corrected chi connectivity index (χ0v) is 12.5. The number of esters is 2. The summed E-state index contributed by atoms with van der Waals surface area (Å²) in [7, 11) is 0. The summed E-state index contributed by atoms with van der Waals surface area (Å²) in [5.74, 6) is -0.410. The second kappa shape index (κ2) is 7.98. The number of benzene rings is 2. The molecule has 0 heterocycles. The molecule has 2 aromatic carbocycles. The van der Waals surface area contributed by atoms with Crippen LogP contribution in [0, 0.1) is 0 Å². The van der Waals surface area contributed by atoms with Gasteiger partial charge in [-0.05, 0) is 42.8 Å². The third-order valence-electron chi connectivity index (χ3n) is 3.04. The summed E-state index contributed by atoms with van der Waals surface area (Å²) in [6.07, 6.45) is 1.82. The first-order chi connectivity index (χ1) is 10.7. The smallest absolute Gasteiger partial charge is 0.343 e. The van der Waals surface area contributed by atoms with Crippen molar-refractivity contribution in [3.05, 3.63) is 65.7 Å². The fourth-order valence-electron chi connectivity index (χ4n) is 1.79. The minimum Gasteiger partial charge on any atom is -0.462 e. The molecule has 0 aromatic heterocycles. The molecule has 0 aliphatic carbocycles. The number of hydrogen-bond donors (Lipinski definition) is 0. The van der Waals surface area contributed by atoms with Gasteiger partial charge < -0.3 is 9.47 Å². The van der Waals surface area contributed by atoms with Crippen molar-refractivity contribution in [1.29, 1.82) is 0 Å². The minimum atomic E-state index is -0.432. The van der Waals surface area contributed by atoms with E-state index in [1.54, 1.807) is 48.5 Å². The summed E-state index contributed by atoms with van der Waals surface area (Å²) >= 11 is 0. The predicted molar refractivity (Wildman–Crippen MR) is 83.0 cm³/mol. The minimum absolute atomic E-state index is 0.366. The van der Waals surface area contributed by atoms with Crippen LogP contribution in [0.1, 0.15) is 40.5 Å². The normalized spacial score (nSPS) is 10.0. The van der Waals surface area contributed by atoms with E-state index in [1.807, 2.05) is 13.0 Å². The van der Waals surface area contributed by atoms with Gasteiger partial charge in [0, 0.05) is 0 Å². The van der Waals surface area contributed by atoms with Crippen molar-refractivity contribution in [2.75, 3.05) is 6.61 Å². The lowest BCUT2D eigenvalue weighted by molar-refractivity contribution is 0.0499. The van der Waals surface area contributed by atoms with E-state index < -0.39 is 5.97 Å². The molecule has 0 spiro atoms. The first-order valence-corrected chi connectivity index (χ1v) is 7.25. The second-order valence-electron chi connectivity index (χ2n) is 4.77. The van der Waals surface area contributed by atoms with Crippen LogP contribution in [0.2, 0.25) is 0 Å². The topological polar surface area (TPSA) is 52.6 Å². The van der Waals surface area contributed by atoms with Crippen molar-refractivity contribution in [1.82, 2.24) is 0 Å².